The SMILES string of the molecule is CC1=C(C(=O)Nc2ccc(Cl)cc2C(=O)NC(C)C23CC4CC(CC(C4)C2)C3)SCCO1. The van der Waals surface area contributed by atoms with Crippen LogP contribution in [0.3, 0.4) is 0 Å². The second-order valence-electron chi connectivity index (χ2n) is 10.2. The minimum atomic E-state index is -0.252. The Morgan fingerprint density at radius 1 is 1.12 bits per heavy atom. The lowest BCUT2D eigenvalue weighted by molar-refractivity contribution is -0.112. The van der Waals surface area contributed by atoms with Crippen LogP contribution in [0, 0.1) is 23.2 Å². The number of ether oxygens (including phenoxy) is 1. The van der Waals surface area contributed by atoms with Crippen LogP contribution in [-0.4, -0.2) is 30.2 Å². The fourth-order valence-corrected chi connectivity index (χ4v) is 7.85. The fourth-order valence-electron chi connectivity index (χ4n) is 6.86. The first-order valence-electron chi connectivity index (χ1n) is 11.7. The molecule has 1 aromatic carbocycles. The summed E-state index contributed by atoms with van der Waals surface area (Å²) in [5.74, 6) is 3.41. The molecule has 0 aromatic heterocycles. The molecule has 1 atom stereocenters. The summed E-state index contributed by atoms with van der Waals surface area (Å²) in [6.45, 7) is 4.56. The minimum absolute atomic E-state index is 0.0955. The van der Waals surface area contributed by atoms with E-state index in [0.29, 0.717) is 33.5 Å². The molecule has 5 aliphatic rings. The third-order valence-electron chi connectivity index (χ3n) is 8.00. The molecular weight excluding hydrogens is 444 g/mol. The van der Waals surface area contributed by atoms with Crippen LogP contribution >= 0.6 is 23.4 Å². The maximum atomic E-state index is 13.4. The number of benzene rings is 1. The molecule has 172 valence electrons. The molecule has 7 heteroatoms. The van der Waals surface area contributed by atoms with Crippen molar-refractivity contribution in [3.8, 4) is 0 Å². The van der Waals surface area contributed by atoms with Crippen LogP contribution in [0.4, 0.5) is 5.69 Å². The van der Waals surface area contributed by atoms with Crippen molar-refractivity contribution in [2.75, 3.05) is 17.7 Å². The monoisotopic (exact) mass is 474 g/mol. The van der Waals surface area contributed by atoms with E-state index < -0.39 is 0 Å². The highest BCUT2D eigenvalue weighted by atomic mass is 35.5. The zero-order chi connectivity index (χ0) is 22.5. The van der Waals surface area contributed by atoms with Gasteiger partial charge in [-0.05, 0) is 93.7 Å². The second-order valence-corrected chi connectivity index (χ2v) is 11.7. The number of hydrogen-bond acceptors (Lipinski definition) is 4. The molecule has 5 nitrogen and oxygen atoms in total. The Balaban J connectivity index is 1.34. The zero-order valence-corrected chi connectivity index (χ0v) is 20.3. The van der Waals surface area contributed by atoms with Gasteiger partial charge in [0, 0.05) is 16.8 Å². The molecule has 2 amide bonds. The predicted molar refractivity (Wildman–Crippen MR) is 129 cm³/mol. The van der Waals surface area contributed by atoms with Crippen molar-refractivity contribution in [3.63, 3.8) is 0 Å². The van der Waals surface area contributed by atoms with Crippen molar-refractivity contribution in [1.29, 1.82) is 0 Å². The van der Waals surface area contributed by atoms with Gasteiger partial charge in [0.2, 0.25) is 0 Å². The molecule has 4 fully saturated rings. The van der Waals surface area contributed by atoms with E-state index in [2.05, 4.69) is 17.6 Å². The van der Waals surface area contributed by atoms with Crippen LogP contribution in [0.2, 0.25) is 5.02 Å². The van der Waals surface area contributed by atoms with Crippen LogP contribution < -0.4 is 10.6 Å². The maximum Gasteiger partial charge on any atom is 0.265 e. The van der Waals surface area contributed by atoms with Gasteiger partial charge in [-0.2, -0.15) is 0 Å². The largest absolute Gasteiger partial charge is 0.496 e. The number of nitrogens with one attached hydrogen (secondary N) is 2. The number of hydrogen-bond donors (Lipinski definition) is 2. The van der Waals surface area contributed by atoms with Crippen molar-refractivity contribution in [2.45, 2.75) is 58.4 Å². The van der Waals surface area contributed by atoms with Crippen molar-refractivity contribution in [2.24, 2.45) is 23.2 Å². The lowest BCUT2D eigenvalue weighted by Crippen LogP contribution is -2.55. The van der Waals surface area contributed by atoms with E-state index >= 15 is 0 Å². The number of carbonyl (C=O) groups is 2. The van der Waals surface area contributed by atoms with Gasteiger partial charge in [-0.1, -0.05) is 11.6 Å². The topological polar surface area (TPSA) is 67.4 Å². The molecule has 1 unspecified atom stereocenters. The average Bonchev–Trinajstić information content (AvgIpc) is 2.74. The summed E-state index contributed by atoms with van der Waals surface area (Å²) in [5.41, 5.74) is 1.09. The molecule has 1 aliphatic heterocycles. The Hall–Kier alpha value is -1.66. The van der Waals surface area contributed by atoms with E-state index in [-0.39, 0.29) is 23.3 Å². The lowest BCUT2D eigenvalue weighted by Gasteiger charge is -2.59. The highest BCUT2D eigenvalue weighted by Crippen LogP contribution is 2.61. The van der Waals surface area contributed by atoms with E-state index in [1.807, 2.05) is 0 Å². The predicted octanol–water partition coefficient (Wildman–Crippen LogP) is 5.61. The van der Waals surface area contributed by atoms with Crippen LogP contribution in [0.15, 0.2) is 28.9 Å². The number of anilines is 1. The third kappa shape index (κ3) is 4.16. The number of halogens is 1. The van der Waals surface area contributed by atoms with E-state index in [1.54, 1.807) is 25.1 Å². The van der Waals surface area contributed by atoms with Crippen LogP contribution in [0.5, 0.6) is 0 Å². The van der Waals surface area contributed by atoms with E-state index in [4.69, 9.17) is 16.3 Å². The zero-order valence-electron chi connectivity index (χ0n) is 18.7. The van der Waals surface area contributed by atoms with Gasteiger partial charge in [-0.25, -0.2) is 0 Å². The molecule has 1 heterocycles. The van der Waals surface area contributed by atoms with Gasteiger partial charge in [-0.3, -0.25) is 9.59 Å². The summed E-state index contributed by atoms with van der Waals surface area (Å²) in [7, 11) is 0. The van der Waals surface area contributed by atoms with Crippen LogP contribution in [0.1, 0.15) is 62.7 Å². The molecule has 4 aliphatic carbocycles. The number of carbonyl (C=O) groups excluding carboxylic acids is 2. The summed E-state index contributed by atoms with van der Waals surface area (Å²) in [4.78, 5) is 26.8. The Morgan fingerprint density at radius 3 is 2.41 bits per heavy atom. The quantitative estimate of drug-likeness (QED) is 0.582. The van der Waals surface area contributed by atoms with Crippen LogP contribution in [0.25, 0.3) is 0 Å². The Kier molecular flexibility index (Phi) is 5.95. The summed E-state index contributed by atoms with van der Waals surface area (Å²) >= 11 is 7.71. The third-order valence-corrected chi connectivity index (χ3v) is 9.37. The molecule has 0 saturated heterocycles. The van der Waals surface area contributed by atoms with Crippen molar-refractivity contribution >= 4 is 40.9 Å². The van der Waals surface area contributed by atoms with Gasteiger partial charge in [0.1, 0.15) is 10.7 Å². The molecule has 0 spiro atoms. The number of allylic oxidation sites excluding steroid dienone is 1. The van der Waals surface area contributed by atoms with E-state index in [0.717, 1.165) is 23.5 Å². The van der Waals surface area contributed by atoms with Gasteiger partial charge < -0.3 is 15.4 Å². The fraction of sp³-hybridized carbons (Fsp3) is 0.600. The van der Waals surface area contributed by atoms with Crippen molar-refractivity contribution in [1.82, 2.24) is 5.32 Å². The average molecular weight is 475 g/mol. The lowest BCUT2D eigenvalue weighted by atomic mass is 9.48. The van der Waals surface area contributed by atoms with Crippen LogP contribution in [-0.2, 0) is 9.53 Å². The molecular formula is C25H31ClN2O3S. The normalized spacial score (nSPS) is 31.8. The minimum Gasteiger partial charge on any atom is -0.496 e. The van der Waals surface area contributed by atoms with Gasteiger partial charge in [0.15, 0.2) is 0 Å². The first kappa shape index (κ1) is 22.1. The van der Waals surface area contributed by atoms with Gasteiger partial charge in [0.05, 0.1) is 17.9 Å². The van der Waals surface area contributed by atoms with Crippen molar-refractivity contribution in [3.05, 3.63) is 39.4 Å². The number of rotatable bonds is 5. The Labute approximate surface area is 199 Å². The summed E-state index contributed by atoms with van der Waals surface area (Å²) in [6, 6.07) is 5.14. The second kappa shape index (κ2) is 8.60. The maximum absolute atomic E-state index is 13.4. The van der Waals surface area contributed by atoms with E-state index in [9.17, 15) is 9.59 Å². The van der Waals surface area contributed by atoms with Gasteiger partial charge in [-0.15, -0.1) is 11.8 Å². The van der Waals surface area contributed by atoms with Crippen molar-refractivity contribution < 1.29 is 14.3 Å². The standard InChI is InChI=1S/C25H31ClN2O3S/c1-14-22(32-6-5-31-14)24(30)28-21-4-3-19(26)10-20(21)23(29)27-15(2)25-11-16-7-17(12-25)9-18(8-16)13-25/h3-4,10,15-18H,5-9,11-13H2,1-2H3,(H,27,29)(H,28,30). The van der Waals surface area contributed by atoms with Gasteiger partial charge in [0.25, 0.3) is 11.8 Å². The first-order valence-corrected chi connectivity index (χ1v) is 13.1. The molecule has 4 bridgehead atoms. The first-order chi connectivity index (χ1) is 15.3. The molecule has 2 N–H and O–H groups in total. The smallest absolute Gasteiger partial charge is 0.265 e. The Bertz CT molecular complexity index is 941. The highest BCUT2D eigenvalue weighted by molar-refractivity contribution is 8.04. The Morgan fingerprint density at radius 2 is 1.78 bits per heavy atom. The summed E-state index contributed by atoms with van der Waals surface area (Å²) in [5, 5.41) is 6.68. The summed E-state index contributed by atoms with van der Waals surface area (Å²) < 4.78 is 5.51. The molecule has 0 radical (unpaired) electrons. The molecule has 4 saturated carbocycles. The summed E-state index contributed by atoms with van der Waals surface area (Å²) in [6.07, 6.45) is 7.81. The number of thioether (sulfide) groups is 1. The van der Waals surface area contributed by atoms with Gasteiger partial charge >= 0.3 is 0 Å². The van der Waals surface area contributed by atoms with E-state index in [1.165, 1.54) is 50.3 Å². The molecule has 1 aromatic rings. The molecule has 6 rings (SSSR count). The highest BCUT2D eigenvalue weighted by Gasteiger charge is 2.53. The number of amides is 2. The molecule has 32 heavy (non-hydrogen) atoms.